The van der Waals surface area contributed by atoms with Gasteiger partial charge in [0.15, 0.2) is 0 Å². The molecule has 0 aliphatic heterocycles. The summed E-state index contributed by atoms with van der Waals surface area (Å²) in [6.07, 6.45) is 5.88. The lowest BCUT2D eigenvalue weighted by molar-refractivity contribution is -0.208. The van der Waals surface area contributed by atoms with Crippen molar-refractivity contribution < 1.29 is 23.7 Å². The van der Waals surface area contributed by atoms with Crippen molar-refractivity contribution in [3.05, 3.63) is 0 Å². The first-order chi connectivity index (χ1) is 11.7. The van der Waals surface area contributed by atoms with Crippen molar-refractivity contribution in [1.29, 1.82) is 0 Å². The Balaban J connectivity index is 4.65. The van der Waals surface area contributed by atoms with E-state index in [2.05, 4.69) is 27.7 Å². The maximum atomic E-state index is 12.7. The molecular formula is C19H38O5. The van der Waals surface area contributed by atoms with E-state index < -0.39 is 12.6 Å². The zero-order valence-electron chi connectivity index (χ0n) is 16.2. The summed E-state index contributed by atoms with van der Waals surface area (Å²) in [5.41, 5.74) is 0. The summed E-state index contributed by atoms with van der Waals surface area (Å²) in [7, 11) is 0. The molecule has 0 N–H and O–H groups in total. The lowest BCUT2D eigenvalue weighted by Crippen LogP contribution is -2.40. The van der Waals surface area contributed by atoms with Gasteiger partial charge in [-0.2, -0.15) is 0 Å². The van der Waals surface area contributed by atoms with Gasteiger partial charge in [0, 0.05) is 0 Å². The van der Waals surface area contributed by atoms with Crippen molar-refractivity contribution in [1.82, 2.24) is 0 Å². The highest BCUT2D eigenvalue weighted by atomic mass is 16.7. The standard InChI is InChI=1S/C19H38O5/c1-5-9-13-21-18(22-14-10-6-2)17(20)19(23-15-11-7-3)24-16-12-8-4/h18-19H,5-16H2,1-4H3. The molecule has 0 aromatic carbocycles. The Labute approximate surface area is 148 Å². The fourth-order valence-corrected chi connectivity index (χ4v) is 1.87. The Bertz CT molecular complexity index is 237. The van der Waals surface area contributed by atoms with Crippen LogP contribution in [0, 0.1) is 0 Å². The van der Waals surface area contributed by atoms with Crippen LogP contribution in [0.4, 0.5) is 0 Å². The molecule has 0 radical (unpaired) electrons. The molecule has 5 nitrogen and oxygen atoms in total. The Hall–Kier alpha value is -0.490. The van der Waals surface area contributed by atoms with E-state index in [1.165, 1.54) is 0 Å². The van der Waals surface area contributed by atoms with Crippen molar-refractivity contribution in [2.45, 2.75) is 91.6 Å². The Morgan fingerprint density at radius 1 is 0.583 bits per heavy atom. The van der Waals surface area contributed by atoms with Gasteiger partial charge in [-0.3, -0.25) is 4.79 Å². The maximum absolute atomic E-state index is 12.7. The van der Waals surface area contributed by atoms with E-state index in [9.17, 15) is 4.79 Å². The molecule has 144 valence electrons. The zero-order valence-corrected chi connectivity index (χ0v) is 16.2. The van der Waals surface area contributed by atoms with Crippen molar-refractivity contribution in [2.75, 3.05) is 26.4 Å². The van der Waals surface area contributed by atoms with Crippen LogP contribution in [-0.4, -0.2) is 44.8 Å². The monoisotopic (exact) mass is 346 g/mol. The highest BCUT2D eigenvalue weighted by Crippen LogP contribution is 2.10. The van der Waals surface area contributed by atoms with Gasteiger partial charge in [0.1, 0.15) is 0 Å². The number of Topliss-reactive ketones (excluding diaryl/α,β-unsaturated/α-hetero) is 1. The summed E-state index contributed by atoms with van der Waals surface area (Å²) in [5, 5.41) is 0. The molecule has 0 unspecified atom stereocenters. The predicted molar refractivity (Wildman–Crippen MR) is 96.0 cm³/mol. The number of carbonyl (C=O) groups is 1. The molecule has 5 heteroatoms. The molecule has 0 aromatic rings. The first-order valence-electron chi connectivity index (χ1n) is 9.71. The molecule has 0 saturated carbocycles. The van der Waals surface area contributed by atoms with Gasteiger partial charge in [-0.05, 0) is 25.7 Å². The molecule has 0 fully saturated rings. The molecule has 0 heterocycles. The fraction of sp³-hybridized carbons (Fsp3) is 0.947. The predicted octanol–water partition coefficient (Wildman–Crippen LogP) is 4.47. The average Bonchev–Trinajstić information content (AvgIpc) is 2.59. The third kappa shape index (κ3) is 12.0. The number of rotatable bonds is 18. The first kappa shape index (κ1) is 23.5. The fourth-order valence-electron chi connectivity index (χ4n) is 1.87. The molecule has 0 rings (SSSR count). The second-order valence-corrected chi connectivity index (χ2v) is 5.96. The molecule has 24 heavy (non-hydrogen) atoms. The zero-order chi connectivity index (χ0) is 18.0. The van der Waals surface area contributed by atoms with Gasteiger partial charge in [-0.1, -0.05) is 53.4 Å². The molecule has 0 spiro atoms. The molecule has 0 aliphatic rings. The first-order valence-corrected chi connectivity index (χ1v) is 9.71. The lowest BCUT2D eigenvalue weighted by atomic mass is 10.3. The molecule has 0 saturated heterocycles. The van der Waals surface area contributed by atoms with Gasteiger partial charge in [0.2, 0.25) is 18.4 Å². The van der Waals surface area contributed by atoms with E-state index in [0.29, 0.717) is 26.4 Å². The van der Waals surface area contributed by atoms with Gasteiger partial charge in [0.25, 0.3) is 0 Å². The molecule has 0 amide bonds. The Morgan fingerprint density at radius 3 is 1.04 bits per heavy atom. The minimum absolute atomic E-state index is 0.255. The number of hydrogen-bond acceptors (Lipinski definition) is 5. The van der Waals surface area contributed by atoms with Gasteiger partial charge in [0.05, 0.1) is 26.4 Å². The summed E-state index contributed by atoms with van der Waals surface area (Å²) >= 11 is 0. The van der Waals surface area contributed by atoms with E-state index in [-0.39, 0.29) is 5.78 Å². The van der Waals surface area contributed by atoms with E-state index in [1.807, 2.05) is 0 Å². The highest BCUT2D eigenvalue weighted by Gasteiger charge is 2.30. The Morgan fingerprint density at radius 2 is 0.833 bits per heavy atom. The number of unbranched alkanes of at least 4 members (excludes halogenated alkanes) is 4. The van der Waals surface area contributed by atoms with Crippen LogP contribution in [0.5, 0.6) is 0 Å². The van der Waals surface area contributed by atoms with Crippen LogP contribution in [0.1, 0.15) is 79.1 Å². The van der Waals surface area contributed by atoms with E-state index in [0.717, 1.165) is 51.4 Å². The average molecular weight is 347 g/mol. The second kappa shape index (κ2) is 17.3. The van der Waals surface area contributed by atoms with Crippen LogP contribution in [-0.2, 0) is 23.7 Å². The summed E-state index contributed by atoms with van der Waals surface area (Å²) in [6, 6.07) is 0. The number of carbonyl (C=O) groups excluding carboxylic acids is 1. The van der Waals surface area contributed by atoms with Crippen LogP contribution in [0.2, 0.25) is 0 Å². The number of ether oxygens (including phenoxy) is 4. The normalized spacial score (nSPS) is 11.6. The Kier molecular flexibility index (Phi) is 17.0. The van der Waals surface area contributed by atoms with Crippen molar-refractivity contribution in [3.63, 3.8) is 0 Å². The maximum Gasteiger partial charge on any atom is 0.244 e. The number of hydrogen-bond donors (Lipinski definition) is 0. The smallest absolute Gasteiger partial charge is 0.244 e. The molecular weight excluding hydrogens is 308 g/mol. The largest absolute Gasteiger partial charge is 0.346 e. The summed E-state index contributed by atoms with van der Waals surface area (Å²) in [4.78, 5) is 12.7. The van der Waals surface area contributed by atoms with Crippen LogP contribution in [0.3, 0.4) is 0 Å². The van der Waals surface area contributed by atoms with E-state index >= 15 is 0 Å². The topological polar surface area (TPSA) is 54.0 Å². The SMILES string of the molecule is CCCCOC(OCCCC)C(=O)C(OCCCC)OCCCC. The van der Waals surface area contributed by atoms with E-state index in [1.54, 1.807) is 0 Å². The van der Waals surface area contributed by atoms with Gasteiger partial charge >= 0.3 is 0 Å². The third-order valence-electron chi connectivity index (χ3n) is 3.53. The van der Waals surface area contributed by atoms with Crippen LogP contribution in [0.15, 0.2) is 0 Å². The van der Waals surface area contributed by atoms with Gasteiger partial charge < -0.3 is 18.9 Å². The summed E-state index contributed by atoms with van der Waals surface area (Å²) < 4.78 is 22.6. The quantitative estimate of drug-likeness (QED) is 0.271. The second-order valence-electron chi connectivity index (χ2n) is 5.96. The van der Waals surface area contributed by atoms with Crippen molar-refractivity contribution >= 4 is 5.78 Å². The lowest BCUT2D eigenvalue weighted by Gasteiger charge is -2.23. The minimum Gasteiger partial charge on any atom is -0.346 e. The van der Waals surface area contributed by atoms with Gasteiger partial charge in [-0.25, -0.2) is 0 Å². The molecule has 0 bridgehead atoms. The van der Waals surface area contributed by atoms with Crippen LogP contribution >= 0.6 is 0 Å². The summed E-state index contributed by atoms with van der Waals surface area (Å²) in [5.74, 6) is -0.255. The van der Waals surface area contributed by atoms with Crippen molar-refractivity contribution in [2.24, 2.45) is 0 Å². The summed E-state index contributed by atoms with van der Waals surface area (Å²) in [6.45, 7) is 10.4. The van der Waals surface area contributed by atoms with Crippen molar-refractivity contribution in [3.8, 4) is 0 Å². The highest BCUT2D eigenvalue weighted by molar-refractivity contribution is 5.85. The molecule has 0 aromatic heterocycles. The molecule has 0 aliphatic carbocycles. The van der Waals surface area contributed by atoms with Crippen LogP contribution in [0.25, 0.3) is 0 Å². The van der Waals surface area contributed by atoms with Gasteiger partial charge in [-0.15, -0.1) is 0 Å². The van der Waals surface area contributed by atoms with E-state index in [4.69, 9.17) is 18.9 Å². The van der Waals surface area contributed by atoms with Crippen LogP contribution < -0.4 is 0 Å². The molecule has 0 atom stereocenters. The number of ketones is 1. The minimum atomic E-state index is -0.892. The third-order valence-corrected chi connectivity index (χ3v) is 3.53.